The van der Waals surface area contributed by atoms with Gasteiger partial charge in [0, 0.05) is 57.0 Å². The lowest BCUT2D eigenvalue weighted by atomic mass is 10.0. The van der Waals surface area contributed by atoms with Crippen molar-refractivity contribution in [1.82, 2.24) is 14.9 Å². The Morgan fingerprint density at radius 1 is 0.800 bits per heavy atom. The molecule has 0 atom stereocenters. The van der Waals surface area contributed by atoms with Gasteiger partial charge in [-0.3, -0.25) is 4.79 Å². The summed E-state index contributed by atoms with van der Waals surface area (Å²) in [6.07, 6.45) is 3.58. The molecule has 0 unspecified atom stereocenters. The summed E-state index contributed by atoms with van der Waals surface area (Å²) in [4.78, 5) is 28.8. The number of hydrogen-bond acceptors (Lipinski definition) is 6. The number of amides is 1. The number of nitrogens with zero attached hydrogens (tertiary/aromatic N) is 5. The summed E-state index contributed by atoms with van der Waals surface area (Å²) in [6.45, 7) is 5.96. The largest absolute Gasteiger partial charge is 0.378 e. The van der Waals surface area contributed by atoms with E-state index in [9.17, 15) is 4.79 Å². The number of carbonyl (C=O) groups excluding carboxylic acids is 1. The van der Waals surface area contributed by atoms with Gasteiger partial charge in [-0.15, -0.1) is 0 Å². The van der Waals surface area contributed by atoms with Crippen molar-refractivity contribution in [3.8, 4) is 0 Å². The van der Waals surface area contributed by atoms with Gasteiger partial charge in [0.2, 0.25) is 0 Å². The average molecular weight is 403 g/mol. The van der Waals surface area contributed by atoms with Crippen LogP contribution < -0.4 is 9.80 Å². The molecular weight excluding hydrogens is 378 g/mol. The molecule has 7 heteroatoms. The van der Waals surface area contributed by atoms with Gasteiger partial charge < -0.3 is 19.4 Å². The molecule has 5 rings (SSSR count). The first-order valence-corrected chi connectivity index (χ1v) is 10.5. The van der Waals surface area contributed by atoms with Gasteiger partial charge in [0.1, 0.15) is 11.6 Å². The highest BCUT2D eigenvalue weighted by Crippen LogP contribution is 2.29. The van der Waals surface area contributed by atoms with E-state index >= 15 is 0 Å². The number of piperazine rings is 1. The van der Waals surface area contributed by atoms with Crippen LogP contribution in [0.15, 0.2) is 54.9 Å². The first kappa shape index (κ1) is 18.8. The third-order valence-corrected chi connectivity index (χ3v) is 5.86. The van der Waals surface area contributed by atoms with Crippen molar-refractivity contribution >= 4 is 28.3 Å². The number of fused-ring (bicyclic) bond motifs is 1. The maximum Gasteiger partial charge on any atom is 0.256 e. The SMILES string of the molecule is O=C(c1cnc(N2CCN(c3ccccn3)CC2)c2ccccc12)N1CCOCC1. The zero-order valence-electron chi connectivity index (χ0n) is 16.9. The van der Waals surface area contributed by atoms with Crippen LogP contribution in [-0.4, -0.2) is 73.3 Å². The molecule has 2 saturated heterocycles. The monoisotopic (exact) mass is 403 g/mol. The highest BCUT2D eigenvalue weighted by molar-refractivity contribution is 6.09. The van der Waals surface area contributed by atoms with Crippen molar-refractivity contribution in [3.63, 3.8) is 0 Å². The molecule has 0 N–H and O–H groups in total. The summed E-state index contributed by atoms with van der Waals surface area (Å²) < 4.78 is 5.39. The molecule has 3 aromatic rings. The lowest BCUT2D eigenvalue weighted by Gasteiger charge is -2.36. The van der Waals surface area contributed by atoms with Gasteiger partial charge in [-0.05, 0) is 17.5 Å². The smallest absolute Gasteiger partial charge is 0.256 e. The number of morpholine rings is 1. The van der Waals surface area contributed by atoms with Crippen molar-refractivity contribution in [2.75, 3.05) is 62.3 Å². The van der Waals surface area contributed by atoms with E-state index in [4.69, 9.17) is 9.72 Å². The fraction of sp³-hybridized carbons (Fsp3) is 0.348. The van der Waals surface area contributed by atoms with E-state index in [1.807, 2.05) is 41.4 Å². The minimum absolute atomic E-state index is 0.0357. The number of anilines is 2. The number of pyridine rings is 2. The van der Waals surface area contributed by atoms with Crippen molar-refractivity contribution in [3.05, 3.63) is 60.4 Å². The highest BCUT2D eigenvalue weighted by Gasteiger charge is 2.24. The zero-order valence-corrected chi connectivity index (χ0v) is 16.9. The zero-order chi connectivity index (χ0) is 20.3. The molecule has 0 spiro atoms. The van der Waals surface area contributed by atoms with Crippen molar-refractivity contribution < 1.29 is 9.53 Å². The van der Waals surface area contributed by atoms with Gasteiger partial charge >= 0.3 is 0 Å². The normalized spacial score (nSPS) is 17.4. The maximum atomic E-state index is 13.1. The molecule has 0 aliphatic carbocycles. The Morgan fingerprint density at radius 2 is 1.50 bits per heavy atom. The van der Waals surface area contributed by atoms with E-state index < -0.39 is 0 Å². The van der Waals surface area contributed by atoms with Gasteiger partial charge in [-0.1, -0.05) is 30.3 Å². The molecule has 1 aromatic carbocycles. The molecule has 0 bridgehead atoms. The molecule has 154 valence electrons. The summed E-state index contributed by atoms with van der Waals surface area (Å²) in [5.41, 5.74) is 0.670. The molecule has 1 amide bonds. The molecule has 2 aliphatic rings. The van der Waals surface area contributed by atoms with Gasteiger partial charge in [-0.25, -0.2) is 9.97 Å². The minimum Gasteiger partial charge on any atom is -0.378 e. The standard InChI is InChI=1S/C23H25N5O2/c29-23(28-13-15-30-16-14-28)20-17-25-22(19-6-2-1-5-18(19)20)27-11-9-26(10-12-27)21-7-3-4-8-24-21/h1-8,17H,9-16H2. The Bertz CT molecular complexity index is 1030. The number of carbonyl (C=O) groups is 1. The maximum absolute atomic E-state index is 13.1. The molecule has 2 fully saturated rings. The first-order valence-electron chi connectivity index (χ1n) is 10.5. The van der Waals surface area contributed by atoms with Crippen LogP contribution in [0.1, 0.15) is 10.4 Å². The molecule has 0 radical (unpaired) electrons. The Kier molecular flexibility index (Phi) is 5.19. The van der Waals surface area contributed by atoms with E-state index in [0.717, 1.165) is 48.6 Å². The third-order valence-electron chi connectivity index (χ3n) is 5.86. The minimum atomic E-state index is 0.0357. The van der Waals surface area contributed by atoms with E-state index in [1.165, 1.54) is 0 Å². The first-order chi connectivity index (χ1) is 14.8. The van der Waals surface area contributed by atoms with Gasteiger partial charge in [-0.2, -0.15) is 0 Å². The molecule has 0 saturated carbocycles. The predicted octanol–water partition coefficient (Wildman–Crippen LogP) is 2.43. The van der Waals surface area contributed by atoms with E-state index in [2.05, 4.69) is 26.9 Å². The molecule has 2 aliphatic heterocycles. The molecule has 4 heterocycles. The van der Waals surface area contributed by atoms with E-state index in [1.54, 1.807) is 6.20 Å². The summed E-state index contributed by atoms with van der Waals surface area (Å²) >= 11 is 0. The Hall–Kier alpha value is -3.19. The second-order valence-corrected chi connectivity index (χ2v) is 7.61. The van der Waals surface area contributed by atoms with Crippen LogP contribution in [0.25, 0.3) is 10.8 Å². The van der Waals surface area contributed by atoms with Crippen LogP contribution in [0.3, 0.4) is 0 Å². The molecule has 7 nitrogen and oxygen atoms in total. The van der Waals surface area contributed by atoms with Gasteiger partial charge in [0.05, 0.1) is 18.8 Å². The average Bonchev–Trinajstić information content (AvgIpc) is 2.84. The number of benzene rings is 1. The highest BCUT2D eigenvalue weighted by atomic mass is 16.5. The molecular formula is C23H25N5O2. The second-order valence-electron chi connectivity index (χ2n) is 7.61. The van der Waals surface area contributed by atoms with Crippen LogP contribution >= 0.6 is 0 Å². The Balaban J connectivity index is 1.40. The predicted molar refractivity (Wildman–Crippen MR) is 117 cm³/mol. The van der Waals surface area contributed by atoms with E-state index in [-0.39, 0.29) is 5.91 Å². The van der Waals surface area contributed by atoms with Gasteiger partial charge in [0.15, 0.2) is 0 Å². The number of rotatable bonds is 3. The number of aromatic nitrogens is 2. The second kappa shape index (κ2) is 8.28. The number of hydrogen-bond donors (Lipinski definition) is 0. The summed E-state index contributed by atoms with van der Waals surface area (Å²) in [5, 5.41) is 1.99. The Morgan fingerprint density at radius 3 is 2.23 bits per heavy atom. The Labute approximate surface area is 175 Å². The third kappa shape index (κ3) is 3.57. The lowest BCUT2D eigenvalue weighted by molar-refractivity contribution is 0.0304. The van der Waals surface area contributed by atoms with Crippen LogP contribution in [0.5, 0.6) is 0 Å². The van der Waals surface area contributed by atoms with Crippen molar-refractivity contribution in [1.29, 1.82) is 0 Å². The fourth-order valence-corrected chi connectivity index (χ4v) is 4.23. The van der Waals surface area contributed by atoms with Crippen LogP contribution in [0.4, 0.5) is 11.6 Å². The van der Waals surface area contributed by atoms with Crippen molar-refractivity contribution in [2.24, 2.45) is 0 Å². The topological polar surface area (TPSA) is 61.8 Å². The molecule has 2 aromatic heterocycles. The lowest BCUT2D eigenvalue weighted by Crippen LogP contribution is -2.47. The van der Waals surface area contributed by atoms with Gasteiger partial charge in [0.25, 0.3) is 5.91 Å². The van der Waals surface area contributed by atoms with Crippen LogP contribution in [0, 0.1) is 0 Å². The number of ether oxygens (including phenoxy) is 1. The van der Waals surface area contributed by atoms with E-state index in [0.29, 0.717) is 31.9 Å². The molecule has 30 heavy (non-hydrogen) atoms. The summed E-state index contributed by atoms with van der Waals surface area (Å²) in [7, 11) is 0. The summed E-state index contributed by atoms with van der Waals surface area (Å²) in [6, 6.07) is 14.1. The quantitative estimate of drug-likeness (QED) is 0.669. The van der Waals surface area contributed by atoms with Crippen molar-refractivity contribution in [2.45, 2.75) is 0 Å². The summed E-state index contributed by atoms with van der Waals surface area (Å²) in [5.74, 6) is 2.00. The van der Waals surface area contributed by atoms with Crippen LogP contribution in [0.2, 0.25) is 0 Å². The van der Waals surface area contributed by atoms with Crippen LogP contribution in [-0.2, 0) is 4.74 Å². The fourth-order valence-electron chi connectivity index (χ4n) is 4.23.